The molecule has 0 radical (unpaired) electrons. The average Bonchev–Trinajstić information content (AvgIpc) is 2.95. The van der Waals surface area contributed by atoms with Gasteiger partial charge in [-0.3, -0.25) is 4.79 Å². The molecule has 142 valence electrons. The van der Waals surface area contributed by atoms with E-state index in [-0.39, 0.29) is 18.2 Å². The monoisotopic (exact) mass is 344 g/mol. The van der Waals surface area contributed by atoms with Gasteiger partial charge in [0.15, 0.2) is 0 Å². The third kappa shape index (κ3) is 8.45. The summed E-state index contributed by atoms with van der Waals surface area (Å²) in [4.78, 5) is 11.0. The second kappa shape index (κ2) is 12.7. The van der Waals surface area contributed by atoms with Gasteiger partial charge in [0.05, 0.1) is 31.5 Å². The molecule has 1 unspecified atom stereocenters. The average molecular weight is 344 g/mol. The largest absolute Gasteiger partial charge is 0.469 e. The summed E-state index contributed by atoms with van der Waals surface area (Å²) >= 11 is 0. The maximum absolute atomic E-state index is 11.0. The van der Waals surface area contributed by atoms with Crippen molar-refractivity contribution < 1.29 is 24.5 Å². The molecule has 0 saturated carbocycles. The van der Waals surface area contributed by atoms with Gasteiger partial charge in [-0.25, -0.2) is 0 Å². The van der Waals surface area contributed by atoms with Crippen LogP contribution in [-0.4, -0.2) is 47.7 Å². The second-order valence-electron chi connectivity index (χ2n) is 6.96. The molecular weight excluding hydrogens is 308 g/mol. The smallest absolute Gasteiger partial charge is 0.305 e. The number of carbonyl (C=O) groups is 1. The lowest BCUT2D eigenvalue weighted by atomic mass is 10.0. The van der Waals surface area contributed by atoms with E-state index in [1.807, 2.05) is 0 Å². The number of rotatable bonds is 13. The second-order valence-corrected chi connectivity index (χ2v) is 6.96. The number of esters is 1. The summed E-state index contributed by atoms with van der Waals surface area (Å²) < 4.78 is 10.5. The van der Waals surface area contributed by atoms with Gasteiger partial charge in [0.2, 0.25) is 0 Å². The van der Waals surface area contributed by atoms with Crippen LogP contribution in [0.5, 0.6) is 0 Å². The Morgan fingerprint density at radius 1 is 1.17 bits per heavy atom. The molecular formula is C19H36O5. The van der Waals surface area contributed by atoms with Crippen LogP contribution in [0.1, 0.15) is 84.0 Å². The third-order valence-corrected chi connectivity index (χ3v) is 4.88. The Morgan fingerprint density at radius 3 is 2.58 bits per heavy atom. The van der Waals surface area contributed by atoms with Crippen molar-refractivity contribution in [1.82, 2.24) is 0 Å². The van der Waals surface area contributed by atoms with E-state index >= 15 is 0 Å². The Kier molecular flexibility index (Phi) is 11.3. The highest BCUT2D eigenvalue weighted by molar-refractivity contribution is 5.68. The highest BCUT2D eigenvalue weighted by Crippen LogP contribution is 2.28. The van der Waals surface area contributed by atoms with Gasteiger partial charge in [-0.2, -0.15) is 0 Å². The van der Waals surface area contributed by atoms with Crippen LogP contribution in [0, 0.1) is 0 Å². The fraction of sp³-hybridized carbons (Fsp3) is 0.947. The molecule has 0 aromatic heterocycles. The van der Waals surface area contributed by atoms with E-state index in [2.05, 4.69) is 11.7 Å². The zero-order chi connectivity index (χ0) is 17.8. The van der Waals surface area contributed by atoms with Gasteiger partial charge in [-0.15, -0.1) is 0 Å². The van der Waals surface area contributed by atoms with Gasteiger partial charge in [0.1, 0.15) is 0 Å². The van der Waals surface area contributed by atoms with Crippen molar-refractivity contribution in [1.29, 1.82) is 0 Å². The number of hydrogen-bond donors (Lipinski definition) is 2. The predicted molar refractivity (Wildman–Crippen MR) is 93.8 cm³/mol. The molecule has 1 saturated heterocycles. The summed E-state index contributed by atoms with van der Waals surface area (Å²) in [7, 11) is 1.42. The standard InChI is InChI=1S/C19H36O5/c1-3-4-8-12-17-16(21)14-18(24-17)15(20)11-9-6-5-7-10-13-19(22)23-2/h15-18,20-21H,3-14H2,1-2H3/t15?,16-,17+,18-/m0/s1. The van der Waals surface area contributed by atoms with Crippen molar-refractivity contribution >= 4 is 5.97 Å². The number of aliphatic hydroxyl groups excluding tert-OH is 2. The fourth-order valence-corrected chi connectivity index (χ4v) is 3.31. The zero-order valence-electron chi connectivity index (χ0n) is 15.4. The van der Waals surface area contributed by atoms with Gasteiger partial charge in [-0.05, 0) is 19.3 Å². The van der Waals surface area contributed by atoms with E-state index < -0.39 is 12.2 Å². The first-order valence-electron chi connectivity index (χ1n) is 9.66. The minimum Gasteiger partial charge on any atom is -0.469 e. The van der Waals surface area contributed by atoms with E-state index in [1.54, 1.807) is 0 Å². The molecule has 0 bridgehead atoms. The summed E-state index contributed by atoms with van der Waals surface area (Å²) in [6.45, 7) is 2.16. The zero-order valence-corrected chi connectivity index (χ0v) is 15.4. The molecule has 1 fully saturated rings. The van der Waals surface area contributed by atoms with Crippen molar-refractivity contribution in [2.75, 3.05) is 7.11 Å². The predicted octanol–water partition coefficient (Wildman–Crippen LogP) is 3.35. The molecule has 1 aliphatic heterocycles. The summed E-state index contributed by atoms with van der Waals surface area (Å²) in [5.41, 5.74) is 0. The lowest BCUT2D eigenvalue weighted by Gasteiger charge is -2.19. The Labute approximate surface area is 146 Å². The van der Waals surface area contributed by atoms with Crippen molar-refractivity contribution in [2.45, 2.75) is 108 Å². The fourth-order valence-electron chi connectivity index (χ4n) is 3.31. The van der Waals surface area contributed by atoms with Gasteiger partial charge < -0.3 is 19.7 Å². The molecule has 1 rings (SSSR count). The summed E-state index contributed by atoms with van der Waals surface area (Å²) in [5, 5.41) is 20.3. The number of hydrogen-bond acceptors (Lipinski definition) is 5. The molecule has 5 nitrogen and oxygen atoms in total. The van der Waals surface area contributed by atoms with Crippen LogP contribution in [-0.2, 0) is 14.3 Å². The topological polar surface area (TPSA) is 76.0 Å². The molecule has 1 aliphatic rings. The van der Waals surface area contributed by atoms with Crippen LogP contribution in [0.3, 0.4) is 0 Å². The summed E-state index contributed by atoms with van der Waals surface area (Å²) in [6, 6.07) is 0. The van der Waals surface area contributed by atoms with E-state index in [0.29, 0.717) is 12.8 Å². The van der Waals surface area contributed by atoms with Crippen LogP contribution in [0.4, 0.5) is 0 Å². The first kappa shape index (κ1) is 21.4. The Balaban J connectivity index is 2.06. The first-order chi connectivity index (χ1) is 11.6. The maximum atomic E-state index is 11.0. The van der Waals surface area contributed by atoms with E-state index in [9.17, 15) is 15.0 Å². The van der Waals surface area contributed by atoms with Crippen LogP contribution < -0.4 is 0 Å². The Bertz CT molecular complexity index is 334. The first-order valence-corrected chi connectivity index (χ1v) is 9.66. The van der Waals surface area contributed by atoms with Crippen molar-refractivity contribution in [3.05, 3.63) is 0 Å². The molecule has 1 heterocycles. The summed E-state index contributed by atoms with van der Waals surface area (Å²) in [6.07, 6.45) is 9.78. The number of unbranched alkanes of at least 4 members (excludes halogenated alkanes) is 6. The highest BCUT2D eigenvalue weighted by Gasteiger charge is 2.36. The molecule has 0 aromatic carbocycles. The molecule has 0 aliphatic carbocycles. The van der Waals surface area contributed by atoms with Gasteiger partial charge >= 0.3 is 5.97 Å². The quantitative estimate of drug-likeness (QED) is 0.396. The molecule has 2 N–H and O–H groups in total. The van der Waals surface area contributed by atoms with E-state index in [1.165, 1.54) is 7.11 Å². The van der Waals surface area contributed by atoms with Crippen molar-refractivity contribution in [3.63, 3.8) is 0 Å². The van der Waals surface area contributed by atoms with Crippen LogP contribution in [0.2, 0.25) is 0 Å². The van der Waals surface area contributed by atoms with Crippen molar-refractivity contribution in [2.24, 2.45) is 0 Å². The van der Waals surface area contributed by atoms with Crippen LogP contribution >= 0.6 is 0 Å². The summed E-state index contributed by atoms with van der Waals surface area (Å²) in [5.74, 6) is -0.143. The van der Waals surface area contributed by atoms with Gasteiger partial charge in [0.25, 0.3) is 0 Å². The Hall–Kier alpha value is -0.650. The Morgan fingerprint density at radius 2 is 1.88 bits per heavy atom. The molecule has 5 heteroatoms. The van der Waals surface area contributed by atoms with Crippen LogP contribution in [0.15, 0.2) is 0 Å². The third-order valence-electron chi connectivity index (χ3n) is 4.88. The molecule has 4 atom stereocenters. The lowest BCUT2D eigenvalue weighted by molar-refractivity contribution is -0.140. The van der Waals surface area contributed by atoms with Crippen molar-refractivity contribution in [3.8, 4) is 0 Å². The van der Waals surface area contributed by atoms with E-state index in [4.69, 9.17) is 4.74 Å². The number of ether oxygens (including phenoxy) is 2. The molecule has 24 heavy (non-hydrogen) atoms. The number of aliphatic hydroxyl groups is 2. The van der Waals surface area contributed by atoms with Gasteiger partial charge in [0, 0.05) is 12.8 Å². The normalized spacial score (nSPS) is 24.9. The molecule has 0 spiro atoms. The minimum atomic E-state index is -0.481. The highest BCUT2D eigenvalue weighted by atomic mass is 16.5. The molecule has 0 aromatic rings. The molecule has 0 amide bonds. The van der Waals surface area contributed by atoms with E-state index in [0.717, 1.165) is 64.2 Å². The lowest BCUT2D eigenvalue weighted by Crippen LogP contribution is -2.26. The number of carbonyl (C=O) groups excluding carboxylic acids is 1. The maximum Gasteiger partial charge on any atom is 0.305 e. The minimum absolute atomic E-state index is 0.102. The SMILES string of the molecule is CCCCC[C@H]1O[C@H](C(O)CCCCCCCC(=O)OC)C[C@@H]1O. The van der Waals surface area contributed by atoms with Gasteiger partial charge in [-0.1, -0.05) is 51.9 Å². The van der Waals surface area contributed by atoms with Crippen LogP contribution in [0.25, 0.3) is 0 Å². The number of methoxy groups -OCH3 is 1.